The van der Waals surface area contributed by atoms with E-state index in [2.05, 4.69) is 9.97 Å². The first-order valence-corrected chi connectivity index (χ1v) is 6.97. The normalized spacial score (nSPS) is 10.4. The number of rotatable bonds is 4. The lowest BCUT2D eigenvalue weighted by Gasteiger charge is -2.03. The van der Waals surface area contributed by atoms with Gasteiger partial charge in [-0.2, -0.15) is 0 Å². The highest BCUT2D eigenvalue weighted by Crippen LogP contribution is 2.23. The van der Waals surface area contributed by atoms with Crippen LogP contribution < -0.4 is 5.56 Å². The Balaban J connectivity index is 2.07. The Labute approximate surface area is 123 Å². The van der Waals surface area contributed by atoms with Gasteiger partial charge in [0.25, 0.3) is 5.56 Å². The molecule has 0 saturated carbocycles. The van der Waals surface area contributed by atoms with Gasteiger partial charge in [0.15, 0.2) is 10.9 Å². The van der Waals surface area contributed by atoms with Crippen LogP contribution in [0.4, 0.5) is 0 Å². The smallest absolute Gasteiger partial charge is 0.251 e. The summed E-state index contributed by atoms with van der Waals surface area (Å²) in [6.07, 6.45) is 1.39. The van der Waals surface area contributed by atoms with Crippen LogP contribution in [0.2, 0.25) is 10.0 Å². The molecule has 1 heterocycles. The molecule has 0 spiro atoms. The molecule has 19 heavy (non-hydrogen) atoms. The fraction of sp³-hybridized carbons (Fsp3) is 0.0833. The highest BCUT2D eigenvalue weighted by atomic mass is 35.5. The number of nitrogens with zero attached hydrogens (tertiary/aromatic N) is 1. The molecule has 0 amide bonds. The van der Waals surface area contributed by atoms with Gasteiger partial charge in [0.05, 0.1) is 10.8 Å². The first-order valence-electron chi connectivity index (χ1n) is 5.22. The van der Waals surface area contributed by atoms with Gasteiger partial charge in [-0.25, -0.2) is 4.98 Å². The SMILES string of the molecule is O=C(CSc1nccc(=O)[nH]1)c1ccc(Cl)cc1Cl. The third kappa shape index (κ3) is 3.83. The summed E-state index contributed by atoms with van der Waals surface area (Å²) >= 11 is 12.8. The molecule has 0 aliphatic carbocycles. The third-order valence-electron chi connectivity index (χ3n) is 2.22. The van der Waals surface area contributed by atoms with E-state index in [1.807, 2.05) is 0 Å². The van der Waals surface area contributed by atoms with E-state index < -0.39 is 0 Å². The maximum absolute atomic E-state index is 12.0. The summed E-state index contributed by atoms with van der Waals surface area (Å²) in [5.41, 5.74) is 0.145. The highest BCUT2D eigenvalue weighted by molar-refractivity contribution is 7.99. The first-order chi connectivity index (χ1) is 9.06. The Morgan fingerprint density at radius 1 is 1.32 bits per heavy atom. The van der Waals surface area contributed by atoms with Gasteiger partial charge >= 0.3 is 0 Å². The minimum absolute atomic E-state index is 0.133. The number of benzene rings is 1. The number of aromatic amines is 1. The van der Waals surface area contributed by atoms with Crippen LogP contribution in [0.5, 0.6) is 0 Å². The molecule has 0 aliphatic rings. The van der Waals surface area contributed by atoms with E-state index in [-0.39, 0.29) is 17.1 Å². The fourth-order valence-electron chi connectivity index (χ4n) is 1.35. The second kappa shape index (κ2) is 6.23. The number of hydrogen-bond acceptors (Lipinski definition) is 4. The predicted octanol–water partition coefficient (Wildman–Crippen LogP) is 3.05. The van der Waals surface area contributed by atoms with Crippen molar-refractivity contribution in [3.8, 4) is 0 Å². The second-order valence-electron chi connectivity index (χ2n) is 3.58. The third-order valence-corrected chi connectivity index (χ3v) is 3.65. The number of halogens is 2. The minimum atomic E-state index is -0.255. The molecule has 0 radical (unpaired) electrons. The molecule has 0 atom stereocenters. The van der Waals surface area contributed by atoms with Crippen LogP contribution >= 0.6 is 35.0 Å². The highest BCUT2D eigenvalue weighted by Gasteiger charge is 2.11. The van der Waals surface area contributed by atoms with E-state index in [1.165, 1.54) is 18.3 Å². The molecule has 1 aromatic carbocycles. The van der Waals surface area contributed by atoms with Crippen LogP contribution in [0.25, 0.3) is 0 Å². The fourth-order valence-corrected chi connectivity index (χ4v) is 2.60. The lowest BCUT2D eigenvalue weighted by molar-refractivity contribution is 0.102. The molecule has 0 fully saturated rings. The second-order valence-corrected chi connectivity index (χ2v) is 5.38. The van der Waals surface area contributed by atoms with Crippen LogP contribution in [-0.2, 0) is 0 Å². The van der Waals surface area contributed by atoms with Crippen molar-refractivity contribution in [3.05, 3.63) is 56.4 Å². The number of hydrogen-bond donors (Lipinski definition) is 1. The first kappa shape index (κ1) is 14.1. The van der Waals surface area contributed by atoms with Gasteiger partial charge in [-0.1, -0.05) is 35.0 Å². The quantitative estimate of drug-likeness (QED) is 0.535. The number of carbonyl (C=O) groups is 1. The lowest BCUT2D eigenvalue weighted by Crippen LogP contribution is -2.08. The number of Topliss-reactive ketones (excluding diaryl/α,β-unsaturated/α-hetero) is 1. The molecular weight excluding hydrogens is 307 g/mol. The summed E-state index contributed by atoms with van der Waals surface area (Å²) in [5.74, 6) is -0.0212. The summed E-state index contributed by atoms with van der Waals surface area (Å²) in [4.78, 5) is 29.5. The van der Waals surface area contributed by atoms with Crippen molar-refractivity contribution in [2.45, 2.75) is 5.16 Å². The van der Waals surface area contributed by atoms with Crippen molar-refractivity contribution in [1.82, 2.24) is 9.97 Å². The standard InChI is InChI=1S/C12H8Cl2N2O2S/c13-7-1-2-8(9(14)5-7)10(17)6-19-12-15-4-3-11(18)16-12/h1-5H,6H2,(H,15,16,18). The molecule has 0 aliphatic heterocycles. The number of aromatic nitrogens is 2. The van der Waals surface area contributed by atoms with Gasteiger partial charge < -0.3 is 4.98 Å². The van der Waals surface area contributed by atoms with Gasteiger partial charge in [-0.05, 0) is 18.2 Å². The van der Waals surface area contributed by atoms with Crippen LogP contribution in [0.1, 0.15) is 10.4 Å². The predicted molar refractivity (Wildman–Crippen MR) is 76.4 cm³/mol. The topological polar surface area (TPSA) is 62.8 Å². The Morgan fingerprint density at radius 3 is 2.79 bits per heavy atom. The maximum atomic E-state index is 12.0. The molecule has 0 saturated heterocycles. The zero-order chi connectivity index (χ0) is 13.8. The summed E-state index contributed by atoms with van der Waals surface area (Å²) in [7, 11) is 0. The summed E-state index contributed by atoms with van der Waals surface area (Å²) < 4.78 is 0. The van der Waals surface area contributed by atoms with Crippen molar-refractivity contribution < 1.29 is 4.79 Å². The van der Waals surface area contributed by atoms with Crippen molar-refractivity contribution >= 4 is 40.7 Å². The molecular formula is C12H8Cl2N2O2S. The molecule has 2 aromatic rings. The Bertz CT molecular complexity index is 673. The number of nitrogens with one attached hydrogen (secondary N) is 1. The average molecular weight is 315 g/mol. The number of carbonyl (C=O) groups excluding carboxylic acids is 1. The molecule has 2 rings (SSSR count). The zero-order valence-corrected chi connectivity index (χ0v) is 11.9. The molecule has 0 unspecified atom stereocenters. The lowest BCUT2D eigenvalue weighted by atomic mass is 10.1. The summed E-state index contributed by atoms with van der Waals surface area (Å²) in [6, 6.07) is 6.01. The van der Waals surface area contributed by atoms with Gasteiger partial charge in [0, 0.05) is 22.8 Å². The molecule has 4 nitrogen and oxygen atoms in total. The van der Waals surface area contributed by atoms with E-state index in [0.29, 0.717) is 20.8 Å². The average Bonchev–Trinajstić information content (AvgIpc) is 2.36. The van der Waals surface area contributed by atoms with E-state index in [4.69, 9.17) is 23.2 Å². The van der Waals surface area contributed by atoms with Gasteiger partial charge in [-0.3, -0.25) is 9.59 Å². The largest absolute Gasteiger partial charge is 0.301 e. The van der Waals surface area contributed by atoms with E-state index >= 15 is 0 Å². The van der Waals surface area contributed by atoms with E-state index in [0.717, 1.165) is 11.8 Å². The number of ketones is 1. The monoisotopic (exact) mass is 314 g/mol. The molecule has 1 aromatic heterocycles. The Hall–Kier alpha value is -1.30. The van der Waals surface area contributed by atoms with Crippen LogP contribution in [0.3, 0.4) is 0 Å². The van der Waals surface area contributed by atoms with E-state index in [1.54, 1.807) is 12.1 Å². The molecule has 0 bridgehead atoms. The maximum Gasteiger partial charge on any atom is 0.251 e. The van der Waals surface area contributed by atoms with Crippen molar-refractivity contribution in [3.63, 3.8) is 0 Å². The Morgan fingerprint density at radius 2 is 2.11 bits per heavy atom. The molecule has 98 valence electrons. The summed E-state index contributed by atoms with van der Waals surface area (Å²) in [5, 5.41) is 1.18. The van der Waals surface area contributed by atoms with Crippen molar-refractivity contribution in [1.29, 1.82) is 0 Å². The van der Waals surface area contributed by atoms with Gasteiger partial charge in [0.1, 0.15) is 0 Å². The Kier molecular flexibility index (Phi) is 4.63. The number of thioether (sulfide) groups is 1. The minimum Gasteiger partial charge on any atom is -0.301 e. The van der Waals surface area contributed by atoms with Crippen LogP contribution in [-0.4, -0.2) is 21.5 Å². The van der Waals surface area contributed by atoms with Crippen molar-refractivity contribution in [2.75, 3.05) is 5.75 Å². The number of H-pyrrole nitrogens is 1. The van der Waals surface area contributed by atoms with Gasteiger partial charge in [0.2, 0.25) is 0 Å². The van der Waals surface area contributed by atoms with Crippen LogP contribution in [0, 0.1) is 0 Å². The van der Waals surface area contributed by atoms with Crippen molar-refractivity contribution in [2.24, 2.45) is 0 Å². The van der Waals surface area contributed by atoms with Crippen LogP contribution in [0.15, 0.2) is 40.4 Å². The van der Waals surface area contributed by atoms with E-state index in [9.17, 15) is 9.59 Å². The summed E-state index contributed by atoms with van der Waals surface area (Å²) in [6.45, 7) is 0. The zero-order valence-electron chi connectivity index (χ0n) is 9.52. The molecule has 1 N–H and O–H groups in total. The van der Waals surface area contributed by atoms with Gasteiger partial charge in [-0.15, -0.1) is 0 Å². The molecule has 7 heteroatoms.